The average molecular weight is 480 g/mol. The molecular weight excluding hydrogens is 438 g/mol. The molecule has 2 aliphatic heterocycles. The number of fused-ring (bicyclic) bond motifs is 1. The smallest absolute Gasteiger partial charge is 0.202 e. The minimum absolute atomic E-state index is 0.234. The minimum atomic E-state index is -0.811. The fourth-order valence-electron chi connectivity index (χ4n) is 5.11. The van der Waals surface area contributed by atoms with Crippen molar-refractivity contribution in [2.75, 3.05) is 25.5 Å². The van der Waals surface area contributed by atoms with Crippen LogP contribution in [0.15, 0.2) is 44.6 Å². The van der Waals surface area contributed by atoms with E-state index in [9.17, 15) is 5.11 Å². The molecule has 1 saturated heterocycles. The first kappa shape index (κ1) is 25.4. The first-order valence-electron chi connectivity index (χ1n) is 12.7. The molecule has 8 heteroatoms. The molecular formula is C27H41N7O. The van der Waals surface area contributed by atoms with E-state index in [2.05, 4.69) is 54.0 Å². The molecule has 190 valence electrons. The van der Waals surface area contributed by atoms with Gasteiger partial charge in [0.05, 0.1) is 11.9 Å². The number of anilines is 1. The Morgan fingerprint density at radius 2 is 2.00 bits per heavy atom. The van der Waals surface area contributed by atoms with Crippen molar-refractivity contribution in [3.63, 3.8) is 0 Å². The number of likely N-dealkylation sites (tertiary alicyclic amines) is 1. The summed E-state index contributed by atoms with van der Waals surface area (Å²) in [5.74, 6) is 2.16. The third kappa shape index (κ3) is 5.27. The van der Waals surface area contributed by atoms with Crippen LogP contribution < -0.4 is 5.32 Å². The highest BCUT2D eigenvalue weighted by Crippen LogP contribution is 2.38. The van der Waals surface area contributed by atoms with Crippen LogP contribution in [0.3, 0.4) is 0 Å². The lowest BCUT2D eigenvalue weighted by atomic mass is 9.72. The van der Waals surface area contributed by atoms with Crippen molar-refractivity contribution in [2.45, 2.75) is 72.1 Å². The van der Waals surface area contributed by atoms with Crippen molar-refractivity contribution in [1.29, 1.82) is 0 Å². The van der Waals surface area contributed by atoms with Gasteiger partial charge >= 0.3 is 0 Å². The van der Waals surface area contributed by atoms with E-state index < -0.39 is 5.60 Å². The van der Waals surface area contributed by atoms with Gasteiger partial charge in [-0.3, -0.25) is 9.98 Å². The highest BCUT2D eigenvalue weighted by atomic mass is 16.3. The maximum atomic E-state index is 11.2. The number of aromatic nitrogens is 2. The number of nitrogens with one attached hydrogen (secondary N) is 1. The number of hydrogen-bond acceptors (Lipinski definition) is 7. The fourth-order valence-corrected chi connectivity index (χ4v) is 5.11. The van der Waals surface area contributed by atoms with Crippen LogP contribution in [-0.2, 0) is 7.05 Å². The number of rotatable bonds is 3. The highest BCUT2D eigenvalue weighted by Gasteiger charge is 2.37. The second-order valence-electron chi connectivity index (χ2n) is 11.3. The maximum absolute atomic E-state index is 11.2. The van der Waals surface area contributed by atoms with Crippen molar-refractivity contribution in [1.82, 2.24) is 14.5 Å². The molecule has 0 bridgehead atoms. The second kappa shape index (κ2) is 9.72. The van der Waals surface area contributed by atoms with Gasteiger partial charge in [-0.2, -0.15) is 0 Å². The lowest BCUT2D eigenvalue weighted by Gasteiger charge is -2.41. The first-order chi connectivity index (χ1) is 16.5. The molecule has 0 spiro atoms. The topological polar surface area (TPSA) is 90.4 Å². The van der Waals surface area contributed by atoms with Crippen molar-refractivity contribution < 1.29 is 5.11 Å². The molecule has 1 aromatic rings. The summed E-state index contributed by atoms with van der Waals surface area (Å²) >= 11 is 0. The molecule has 35 heavy (non-hydrogen) atoms. The molecule has 0 saturated carbocycles. The van der Waals surface area contributed by atoms with E-state index in [4.69, 9.17) is 9.98 Å². The van der Waals surface area contributed by atoms with Gasteiger partial charge in [0.15, 0.2) is 12.0 Å². The van der Waals surface area contributed by atoms with E-state index in [-0.39, 0.29) is 11.6 Å². The summed E-state index contributed by atoms with van der Waals surface area (Å²) in [5.41, 5.74) is 3.76. The van der Waals surface area contributed by atoms with E-state index in [0.29, 0.717) is 31.8 Å². The first-order valence-corrected chi connectivity index (χ1v) is 12.7. The van der Waals surface area contributed by atoms with E-state index in [0.717, 1.165) is 41.6 Å². The zero-order valence-corrected chi connectivity index (χ0v) is 22.3. The Morgan fingerprint density at radius 3 is 2.66 bits per heavy atom. The number of piperidine rings is 1. The summed E-state index contributed by atoms with van der Waals surface area (Å²) < 4.78 is 2.01. The van der Waals surface area contributed by atoms with Gasteiger partial charge in [0, 0.05) is 39.1 Å². The quantitative estimate of drug-likeness (QED) is 0.624. The van der Waals surface area contributed by atoms with Crippen LogP contribution in [0.4, 0.5) is 5.82 Å². The summed E-state index contributed by atoms with van der Waals surface area (Å²) in [6, 6.07) is 0. The van der Waals surface area contributed by atoms with Crippen molar-refractivity contribution >= 4 is 23.7 Å². The molecule has 0 aromatic carbocycles. The number of aliphatic imine (C=N–C) groups is 3. The summed E-state index contributed by atoms with van der Waals surface area (Å²) in [7, 11) is 3.74. The van der Waals surface area contributed by atoms with Crippen molar-refractivity contribution in [3.05, 3.63) is 35.3 Å². The molecule has 2 unspecified atom stereocenters. The number of allylic oxidation sites excluding steroid dienone is 3. The van der Waals surface area contributed by atoms with Gasteiger partial charge in [-0.05, 0) is 68.1 Å². The zero-order chi connectivity index (χ0) is 25.4. The molecule has 1 aliphatic carbocycles. The van der Waals surface area contributed by atoms with Gasteiger partial charge in [0.25, 0.3) is 0 Å². The number of imidazole rings is 1. The Labute approximate surface area is 209 Å². The average Bonchev–Trinajstić information content (AvgIpc) is 3.19. The molecule has 0 radical (unpaired) electrons. The largest absolute Gasteiger partial charge is 0.385 e. The fraction of sp³-hybridized carbons (Fsp3) is 0.630. The number of aryl methyl sites for hydroxylation is 1. The van der Waals surface area contributed by atoms with Crippen LogP contribution >= 0.6 is 0 Å². The van der Waals surface area contributed by atoms with Crippen LogP contribution in [-0.4, -0.2) is 63.2 Å². The van der Waals surface area contributed by atoms with Crippen LogP contribution in [0.25, 0.3) is 0 Å². The van der Waals surface area contributed by atoms with Crippen molar-refractivity contribution in [2.24, 2.45) is 33.4 Å². The Balaban J connectivity index is 1.59. The van der Waals surface area contributed by atoms with Gasteiger partial charge in [-0.1, -0.05) is 26.8 Å². The molecule has 8 nitrogen and oxygen atoms in total. The summed E-state index contributed by atoms with van der Waals surface area (Å²) in [6.07, 6.45) is 10.8. The minimum Gasteiger partial charge on any atom is -0.385 e. The number of aliphatic hydroxyl groups is 1. The molecule has 1 aromatic heterocycles. The standard InChI is InChI=1S/C27H41N7O/c1-18-8-9-20(26(3,4)5)16-21(18)30-24-22-23(29-17-33(22)7)31-25(32-24)34-14-11-27(35,12-15-34)19(2)10-13-28-6/h8,10,13,17,20,24,35H,9,11-12,14-16H2,1-7H3,(H,31,32). The van der Waals surface area contributed by atoms with Crippen LogP contribution in [0.2, 0.25) is 0 Å². The van der Waals surface area contributed by atoms with Crippen LogP contribution in [0, 0.1) is 11.3 Å². The zero-order valence-electron chi connectivity index (χ0n) is 22.3. The summed E-state index contributed by atoms with van der Waals surface area (Å²) in [6.45, 7) is 12.5. The molecule has 2 N–H and O–H groups in total. The summed E-state index contributed by atoms with van der Waals surface area (Å²) in [5, 5.41) is 14.6. The monoisotopic (exact) mass is 479 g/mol. The number of hydrogen-bond donors (Lipinski definition) is 2. The van der Waals surface area contributed by atoms with Crippen LogP contribution in [0.5, 0.6) is 0 Å². The van der Waals surface area contributed by atoms with Crippen LogP contribution in [0.1, 0.15) is 72.2 Å². The molecule has 3 aliphatic rings. The van der Waals surface area contributed by atoms with E-state index >= 15 is 0 Å². The van der Waals surface area contributed by atoms with Crippen molar-refractivity contribution in [3.8, 4) is 0 Å². The third-order valence-electron chi connectivity index (χ3n) is 7.91. The molecule has 1 fully saturated rings. The second-order valence-corrected chi connectivity index (χ2v) is 11.3. The molecule has 4 rings (SSSR count). The SMILES string of the molecule is CN=CC=C(C)C1(O)CCN(C2=NC(N=C3CC(C(C)(C)C)CC=C3C)c3c(ncn3C)N2)CC1. The number of nitrogens with zero attached hydrogens (tertiary/aromatic N) is 6. The van der Waals surface area contributed by atoms with Gasteiger partial charge in [-0.25, -0.2) is 9.98 Å². The van der Waals surface area contributed by atoms with Gasteiger partial charge in [0.1, 0.15) is 5.69 Å². The third-order valence-corrected chi connectivity index (χ3v) is 7.91. The summed E-state index contributed by atoms with van der Waals surface area (Å²) in [4.78, 5) is 21.1. The van der Waals surface area contributed by atoms with E-state index in [1.807, 2.05) is 30.9 Å². The van der Waals surface area contributed by atoms with Gasteiger partial charge in [0.2, 0.25) is 5.96 Å². The maximum Gasteiger partial charge on any atom is 0.202 e. The number of guanidine groups is 1. The Hall–Kier alpha value is -2.74. The predicted octanol–water partition coefficient (Wildman–Crippen LogP) is 4.52. The van der Waals surface area contributed by atoms with Gasteiger partial charge in [-0.15, -0.1) is 0 Å². The van der Waals surface area contributed by atoms with E-state index in [1.165, 1.54) is 5.57 Å². The van der Waals surface area contributed by atoms with E-state index in [1.54, 1.807) is 13.3 Å². The predicted molar refractivity (Wildman–Crippen MR) is 144 cm³/mol. The molecule has 0 amide bonds. The normalized spacial score (nSPS) is 26.5. The highest BCUT2D eigenvalue weighted by molar-refractivity contribution is 6.01. The molecule has 3 heterocycles. The molecule has 2 atom stereocenters. The lowest BCUT2D eigenvalue weighted by Crippen LogP contribution is -2.50. The Kier molecular flexibility index (Phi) is 7.04. The Bertz CT molecular complexity index is 1090. The Morgan fingerprint density at radius 1 is 1.29 bits per heavy atom. The lowest BCUT2D eigenvalue weighted by molar-refractivity contribution is 0.0260. The van der Waals surface area contributed by atoms with Gasteiger partial charge < -0.3 is 19.9 Å².